The number of nitrogens with zero attached hydrogens (tertiary/aromatic N) is 2. The molecular weight excluding hydrogens is 216 g/mol. The van der Waals surface area contributed by atoms with Crippen LogP contribution in [0.2, 0.25) is 0 Å². The van der Waals surface area contributed by atoms with Crippen LogP contribution in [0.15, 0.2) is 11.4 Å². The molecule has 0 saturated carbocycles. The molecule has 0 aliphatic carbocycles. The van der Waals surface area contributed by atoms with Crippen molar-refractivity contribution in [1.29, 1.82) is 0 Å². The topological polar surface area (TPSA) is 67.5 Å². The predicted molar refractivity (Wildman–Crippen MR) is 57.7 cm³/mol. The number of ether oxygens (including phenoxy) is 1. The van der Waals surface area contributed by atoms with Gasteiger partial charge in [-0.3, -0.25) is 0 Å². The smallest absolute Gasteiger partial charge is 0.168 e. The summed E-state index contributed by atoms with van der Waals surface area (Å²) in [5, 5.41) is 19.2. The van der Waals surface area contributed by atoms with Gasteiger partial charge < -0.3 is 19.5 Å². The van der Waals surface area contributed by atoms with E-state index < -0.39 is 6.10 Å². The Balaban J connectivity index is 2.47. The zero-order chi connectivity index (χ0) is 11.3. The van der Waals surface area contributed by atoms with Gasteiger partial charge in [0.25, 0.3) is 0 Å². The number of aromatic nitrogens is 2. The van der Waals surface area contributed by atoms with Gasteiger partial charge in [0.2, 0.25) is 0 Å². The van der Waals surface area contributed by atoms with Crippen LogP contribution in [0.4, 0.5) is 0 Å². The molecule has 0 aliphatic heterocycles. The summed E-state index contributed by atoms with van der Waals surface area (Å²) in [6, 6.07) is 0. The number of hydrogen-bond donors (Lipinski definition) is 2. The largest absolute Gasteiger partial charge is 0.390 e. The fourth-order valence-electron chi connectivity index (χ4n) is 1.12. The van der Waals surface area contributed by atoms with Gasteiger partial charge in [0, 0.05) is 19.9 Å². The van der Waals surface area contributed by atoms with Crippen LogP contribution in [0.1, 0.15) is 5.69 Å². The summed E-state index contributed by atoms with van der Waals surface area (Å²) in [5.41, 5.74) is 0.763. The van der Waals surface area contributed by atoms with Crippen molar-refractivity contribution in [1.82, 2.24) is 9.55 Å². The molecule has 1 heterocycles. The van der Waals surface area contributed by atoms with E-state index in [1.165, 1.54) is 11.8 Å². The monoisotopic (exact) mass is 232 g/mol. The maximum absolute atomic E-state index is 9.43. The van der Waals surface area contributed by atoms with E-state index in [0.717, 1.165) is 10.9 Å². The lowest BCUT2D eigenvalue weighted by molar-refractivity contribution is 0.0793. The maximum Gasteiger partial charge on any atom is 0.168 e. The number of methoxy groups -OCH3 is 1. The van der Waals surface area contributed by atoms with Crippen LogP contribution >= 0.6 is 11.8 Å². The first-order valence-electron chi connectivity index (χ1n) is 4.60. The van der Waals surface area contributed by atoms with E-state index in [4.69, 9.17) is 9.84 Å². The molecule has 1 aromatic heterocycles. The summed E-state index contributed by atoms with van der Waals surface area (Å²) in [7, 11) is 3.39. The minimum absolute atomic E-state index is 0.0231. The first kappa shape index (κ1) is 12.5. The number of imidazole rings is 1. The first-order chi connectivity index (χ1) is 7.19. The minimum Gasteiger partial charge on any atom is -0.390 e. The molecule has 0 spiro atoms. The van der Waals surface area contributed by atoms with E-state index in [-0.39, 0.29) is 6.61 Å². The highest BCUT2D eigenvalue weighted by atomic mass is 32.2. The van der Waals surface area contributed by atoms with Crippen LogP contribution in [0.3, 0.4) is 0 Å². The Bertz CT molecular complexity index is 304. The van der Waals surface area contributed by atoms with Crippen molar-refractivity contribution in [3.8, 4) is 0 Å². The van der Waals surface area contributed by atoms with Crippen molar-refractivity contribution >= 4 is 11.8 Å². The fraction of sp³-hybridized carbons (Fsp3) is 0.667. The zero-order valence-corrected chi connectivity index (χ0v) is 9.70. The predicted octanol–water partition coefficient (Wildman–Crippen LogP) is 0.0118. The molecule has 0 bridgehead atoms. The highest BCUT2D eigenvalue weighted by Gasteiger charge is 2.09. The third-order valence-electron chi connectivity index (χ3n) is 1.97. The Morgan fingerprint density at radius 2 is 2.40 bits per heavy atom. The molecule has 1 unspecified atom stereocenters. The SMILES string of the molecule is COCC(O)CSc1ncc(CO)n1C. The van der Waals surface area contributed by atoms with Crippen molar-refractivity contribution in [2.24, 2.45) is 7.05 Å². The molecule has 0 aromatic carbocycles. The average Bonchev–Trinajstić information content (AvgIpc) is 2.57. The molecule has 86 valence electrons. The quantitative estimate of drug-likeness (QED) is 0.676. The number of thioether (sulfide) groups is 1. The fourth-order valence-corrected chi connectivity index (χ4v) is 1.99. The van der Waals surface area contributed by atoms with Crippen molar-refractivity contribution in [3.05, 3.63) is 11.9 Å². The summed E-state index contributed by atoms with van der Waals surface area (Å²) >= 11 is 1.44. The molecule has 0 amide bonds. The van der Waals surface area contributed by atoms with E-state index in [9.17, 15) is 5.11 Å². The third kappa shape index (κ3) is 3.49. The molecular formula is C9H16N2O3S. The molecule has 1 atom stereocenters. The highest BCUT2D eigenvalue weighted by Crippen LogP contribution is 2.18. The standard InChI is InChI=1S/C9H16N2O3S/c1-11-7(4-12)3-10-9(11)15-6-8(13)5-14-2/h3,8,12-13H,4-6H2,1-2H3. The lowest BCUT2D eigenvalue weighted by atomic mass is 10.4. The van der Waals surface area contributed by atoms with E-state index in [1.54, 1.807) is 13.3 Å². The van der Waals surface area contributed by atoms with Gasteiger partial charge in [-0.25, -0.2) is 4.98 Å². The molecule has 0 radical (unpaired) electrons. The lowest BCUT2D eigenvalue weighted by Crippen LogP contribution is -2.17. The molecule has 0 saturated heterocycles. The molecule has 1 aromatic rings. The normalized spacial score (nSPS) is 13.1. The summed E-state index contributed by atoms with van der Waals surface area (Å²) in [6.07, 6.45) is 1.14. The Morgan fingerprint density at radius 3 is 2.93 bits per heavy atom. The average molecular weight is 232 g/mol. The van der Waals surface area contributed by atoms with Gasteiger partial charge in [0.1, 0.15) is 0 Å². The van der Waals surface area contributed by atoms with E-state index in [2.05, 4.69) is 4.98 Å². The number of aliphatic hydroxyl groups excluding tert-OH is 2. The zero-order valence-electron chi connectivity index (χ0n) is 8.88. The van der Waals surface area contributed by atoms with Crippen LogP contribution in [0.25, 0.3) is 0 Å². The van der Waals surface area contributed by atoms with Crippen LogP contribution in [-0.4, -0.2) is 45.3 Å². The minimum atomic E-state index is -0.491. The van der Waals surface area contributed by atoms with E-state index >= 15 is 0 Å². The van der Waals surface area contributed by atoms with Crippen LogP contribution in [0, 0.1) is 0 Å². The summed E-state index contributed by atoms with van der Waals surface area (Å²) in [5.74, 6) is 0.531. The second-order valence-corrected chi connectivity index (χ2v) is 4.16. The van der Waals surface area contributed by atoms with Crippen LogP contribution < -0.4 is 0 Å². The molecule has 2 N–H and O–H groups in total. The first-order valence-corrected chi connectivity index (χ1v) is 5.58. The second-order valence-electron chi connectivity index (χ2n) is 3.17. The Labute approximate surface area is 93.1 Å². The van der Waals surface area contributed by atoms with E-state index in [0.29, 0.717) is 12.4 Å². The van der Waals surface area contributed by atoms with Gasteiger partial charge >= 0.3 is 0 Å². The van der Waals surface area contributed by atoms with E-state index in [1.807, 2.05) is 11.6 Å². The van der Waals surface area contributed by atoms with Gasteiger partial charge in [-0.1, -0.05) is 11.8 Å². The molecule has 15 heavy (non-hydrogen) atoms. The lowest BCUT2D eigenvalue weighted by Gasteiger charge is -2.08. The van der Waals surface area contributed by atoms with Crippen LogP contribution in [-0.2, 0) is 18.4 Å². The summed E-state index contributed by atoms with van der Waals surface area (Å²) in [6.45, 7) is 0.301. The second kappa shape index (κ2) is 6.12. The van der Waals surface area contributed by atoms with Gasteiger partial charge in [0.05, 0.1) is 31.2 Å². The van der Waals surface area contributed by atoms with Gasteiger partial charge in [0.15, 0.2) is 5.16 Å². The molecule has 5 nitrogen and oxygen atoms in total. The summed E-state index contributed by atoms with van der Waals surface area (Å²) in [4.78, 5) is 4.13. The Kier molecular flexibility index (Phi) is 5.10. The van der Waals surface area contributed by atoms with Gasteiger partial charge in [-0.15, -0.1) is 0 Å². The Hall–Kier alpha value is -0.560. The number of rotatable bonds is 6. The third-order valence-corrected chi connectivity index (χ3v) is 3.16. The van der Waals surface area contributed by atoms with Crippen molar-refractivity contribution in [3.63, 3.8) is 0 Å². The number of hydrogen-bond acceptors (Lipinski definition) is 5. The van der Waals surface area contributed by atoms with Crippen molar-refractivity contribution in [2.75, 3.05) is 19.5 Å². The molecule has 0 aliphatic rings. The van der Waals surface area contributed by atoms with Crippen molar-refractivity contribution < 1.29 is 14.9 Å². The summed E-state index contributed by atoms with van der Waals surface area (Å²) < 4.78 is 6.63. The maximum atomic E-state index is 9.43. The highest BCUT2D eigenvalue weighted by molar-refractivity contribution is 7.99. The number of aliphatic hydroxyl groups is 2. The molecule has 1 rings (SSSR count). The van der Waals surface area contributed by atoms with Crippen molar-refractivity contribution in [2.45, 2.75) is 17.9 Å². The van der Waals surface area contributed by atoms with Gasteiger partial charge in [-0.2, -0.15) is 0 Å². The van der Waals surface area contributed by atoms with Crippen LogP contribution in [0.5, 0.6) is 0 Å². The molecule has 6 heteroatoms. The van der Waals surface area contributed by atoms with Gasteiger partial charge in [-0.05, 0) is 0 Å². The Morgan fingerprint density at radius 1 is 1.67 bits per heavy atom. The molecule has 0 fully saturated rings.